The third-order valence-corrected chi connectivity index (χ3v) is 5.04. The van der Waals surface area contributed by atoms with Crippen molar-refractivity contribution in [3.05, 3.63) is 60.4 Å². The van der Waals surface area contributed by atoms with E-state index in [1.54, 1.807) is 12.3 Å². The van der Waals surface area contributed by atoms with Gasteiger partial charge >= 0.3 is 0 Å². The Kier molecular flexibility index (Phi) is 4.83. The first-order valence-corrected chi connectivity index (χ1v) is 9.15. The first-order chi connectivity index (χ1) is 13.1. The minimum Gasteiger partial charge on any atom is -0.508 e. The summed E-state index contributed by atoms with van der Waals surface area (Å²) in [5.74, 6) is 0.626. The van der Waals surface area contributed by atoms with E-state index >= 15 is 0 Å². The molecule has 0 bridgehead atoms. The number of likely N-dealkylation sites (tertiary alicyclic amines) is 1. The van der Waals surface area contributed by atoms with Gasteiger partial charge < -0.3 is 15.3 Å². The lowest BCUT2D eigenvalue weighted by Crippen LogP contribution is -2.35. The summed E-state index contributed by atoms with van der Waals surface area (Å²) in [6.45, 7) is 2.73. The number of piperidine rings is 1. The first kappa shape index (κ1) is 17.6. The predicted octanol–water partition coefficient (Wildman–Crippen LogP) is 2.91. The molecule has 0 spiro atoms. The van der Waals surface area contributed by atoms with Gasteiger partial charge in [0.05, 0.1) is 11.7 Å². The summed E-state index contributed by atoms with van der Waals surface area (Å²) in [5, 5.41) is 29.3. The molecule has 0 unspecified atom stereocenters. The summed E-state index contributed by atoms with van der Waals surface area (Å²) in [5.41, 5.74) is 2.74. The van der Waals surface area contributed by atoms with Crippen LogP contribution in [-0.2, 0) is 6.54 Å². The van der Waals surface area contributed by atoms with E-state index in [1.807, 2.05) is 22.9 Å². The second-order valence-electron chi connectivity index (χ2n) is 7.00. The fourth-order valence-electron chi connectivity index (χ4n) is 3.52. The number of hydrogen-bond donors (Lipinski definition) is 3. The smallest absolute Gasteiger partial charge is 0.148 e. The highest BCUT2D eigenvalue weighted by Crippen LogP contribution is 2.32. The lowest BCUT2D eigenvalue weighted by molar-refractivity contribution is 0.0792. The average molecular weight is 365 g/mol. The molecule has 1 aliphatic heterocycles. The maximum atomic E-state index is 10.1. The minimum absolute atomic E-state index is 0.00800. The fraction of sp³-hybridized carbons (Fsp3) is 0.286. The van der Waals surface area contributed by atoms with E-state index in [9.17, 15) is 15.3 Å². The van der Waals surface area contributed by atoms with Crippen molar-refractivity contribution in [3.8, 4) is 28.6 Å². The van der Waals surface area contributed by atoms with E-state index in [-0.39, 0.29) is 17.6 Å². The molecule has 2 heterocycles. The Hall–Kier alpha value is -2.83. The third kappa shape index (κ3) is 3.82. The number of aromatic nitrogens is 2. The number of phenols is 2. The monoisotopic (exact) mass is 365 g/mol. The van der Waals surface area contributed by atoms with Crippen LogP contribution in [0.3, 0.4) is 0 Å². The summed E-state index contributed by atoms with van der Waals surface area (Å²) < 4.78 is 1.91. The molecule has 3 aromatic rings. The SMILES string of the molecule is Oc1ccc(-c2nccn2-c2ccc(CN3CCC(O)CC3)cc2)c(O)c1. The zero-order chi connectivity index (χ0) is 18.8. The Morgan fingerprint density at radius 2 is 1.74 bits per heavy atom. The maximum absolute atomic E-state index is 10.1. The van der Waals surface area contributed by atoms with Gasteiger partial charge in [-0.2, -0.15) is 0 Å². The molecule has 0 saturated carbocycles. The van der Waals surface area contributed by atoms with Crippen molar-refractivity contribution in [1.82, 2.24) is 14.5 Å². The van der Waals surface area contributed by atoms with Crippen LogP contribution in [0.5, 0.6) is 11.5 Å². The summed E-state index contributed by atoms with van der Waals surface area (Å²) in [4.78, 5) is 6.73. The quantitative estimate of drug-likeness (QED) is 0.662. The zero-order valence-corrected chi connectivity index (χ0v) is 15.0. The molecule has 140 valence electrons. The van der Waals surface area contributed by atoms with E-state index in [0.29, 0.717) is 11.4 Å². The molecule has 6 nitrogen and oxygen atoms in total. The number of aliphatic hydroxyl groups excluding tert-OH is 1. The van der Waals surface area contributed by atoms with Crippen LogP contribution >= 0.6 is 0 Å². The second-order valence-corrected chi connectivity index (χ2v) is 7.00. The number of phenolic OH excluding ortho intramolecular Hbond substituents is 2. The highest BCUT2D eigenvalue weighted by Gasteiger charge is 2.17. The van der Waals surface area contributed by atoms with Crippen LogP contribution in [0.4, 0.5) is 0 Å². The Morgan fingerprint density at radius 3 is 2.44 bits per heavy atom. The van der Waals surface area contributed by atoms with Crippen molar-refractivity contribution < 1.29 is 15.3 Å². The van der Waals surface area contributed by atoms with Gasteiger partial charge in [-0.3, -0.25) is 9.47 Å². The van der Waals surface area contributed by atoms with Gasteiger partial charge in [-0.1, -0.05) is 12.1 Å². The van der Waals surface area contributed by atoms with E-state index in [4.69, 9.17) is 0 Å². The molecule has 6 heteroatoms. The lowest BCUT2D eigenvalue weighted by atomic mass is 10.1. The largest absolute Gasteiger partial charge is 0.508 e. The van der Waals surface area contributed by atoms with Gasteiger partial charge in [0.1, 0.15) is 17.3 Å². The van der Waals surface area contributed by atoms with Gasteiger partial charge in [-0.15, -0.1) is 0 Å². The molecular weight excluding hydrogens is 342 g/mol. The summed E-state index contributed by atoms with van der Waals surface area (Å²) in [6.07, 6.45) is 5.07. The molecule has 1 aromatic heterocycles. The lowest BCUT2D eigenvalue weighted by Gasteiger charge is -2.29. The molecule has 1 aliphatic rings. The second kappa shape index (κ2) is 7.42. The van der Waals surface area contributed by atoms with Crippen molar-refractivity contribution in [2.75, 3.05) is 13.1 Å². The van der Waals surface area contributed by atoms with Gasteiger partial charge in [-0.25, -0.2) is 4.98 Å². The molecule has 0 aliphatic carbocycles. The number of nitrogens with zero attached hydrogens (tertiary/aromatic N) is 3. The van der Waals surface area contributed by atoms with Crippen molar-refractivity contribution in [3.63, 3.8) is 0 Å². The van der Waals surface area contributed by atoms with Crippen molar-refractivity contribution in [1.29, 1.82) is 0 Å². The molecular formula is C21H23N3O3. The minimum atomic E-state index is -0.153. The van der Waals surface area contributed by atoms with Crippen molar-refractivity contribution >= 4 is 0 Å². The summed E-state index contributed by atoms with van der Waals surface area (Å²) in [7, 11) is 0. The van der Waals surface area contributed by atoms with E-state index in [0.717, 1.165) is 38.2 Å². The molecule has 4 rings (SSSR count). The highest BCUT2D eigenvalue weighted by atomic mass is 16.3. The van der Waals surface area contributed by atoms with Crippen molar-refractivity contribution in [2.45, 2.75) is 25.5 Å². The van der Waals surface area contributed by atoms with E-state index < -0.39 is 0 Å². The molecule has 1 fully saturated rings. The first-order valence-electron chi connectivity index (χ1n) is 9.15. The molecule has 27 heavy (non-hydrogen) atoms. The van der Waals surface area contributed by atoms with Crippen LogP contribution < -0.4 is 0 Å². The van der Waals surface area contributed by atoms with Gasteiger partial charge in [0.15, 0.2) is 0 Å². The molecule has 0 amide bonds. The standard InChI is InChI=1S/C21H23N3O3/c25-17-7-10-23(11-8-17)14-15-1-3-16(4-2-15)24-12-9-22-21(24)19-6-5-18(26)13-20(19)27/h1-6,9,12-13,17,25-27H,7-8,10-11,14H2. The third-order valence-electron chi connectivity index (χ3n) is 5.04. The number of rotatable bonds is 4. The number of benzene rings is 2. The van der Waals surface area contributed by atoms with Crippen LogP contribution in [-0.4, -0.2) is 49.0 Å². The molecule has 0 atom stereocenters. The topological polar surface area (TPSA) is 81.8 Å². The summed E-state index contributed by atoms with van der Waals surface area (Å²) in [6, 6.07) is 12.8. The number of imidazole rings is 1. The van der Waals surface area contributed by atoms with Gasteiger partial charge in [0.25, 0.3) is 0 Å². The maximum Gasteiger partial charge on any atom is 0.148 e. The van der Waals surface area contributed by atoms with Crippen LogP contribution in [0.15, 0.2) is 54.9 Å². The van der Waals surface area contributed by atoms with E-state index in [1.165, 1.54) is 17.7 Å². The molecule has 2 aromatic carbocycles. The van der Waals surface area contributed by atoms with Crippen molar-refractivity contribution in [2.24, 2.45) is 0 Å². The Bertz CT molecular complexity index is 913. The Morgan fingerprint density at radius 1 is 1.00 bits per heavy atom. The predicted molar refractivity (Wildman–Crippen MR) is 103 cm³/mol. The molecule has 0 radical (unpaired) electrons. The Labute approximate surface area is 158 Å². The van der Waals surface area contributed by atoms with E-state index in [2.05, 4.69) is 22.0 Å². The fourth-order valence-corrected chi connectivity index (χ4v) is 3.52. The van der Waals surface area contributed by atoms with Gasteiger partial charge in [0, 0.05) is 43.8 Å². The Balaban J connectivity index is 1.54. The number of aliphatic hydroxyl groups is 1. The van der Waals surface area contributed by atoms with Crippen LogP contribution in [0, 0.1) is 0 Å². The van der Waals surface area contributed by atoms with Gasteiger partial charge in [0.2, 0.25) is 0 Å². The van der Waals surface area contributed by atoms with Crippen LogP contribution in [0.1, 0.15) is 18.4 Å². The summed E-state index contributed by atoms with van der Waals surface area (Å²) >= 11 is 0. The van der Waals surface area contributed by atoms with Gasteiger partial charge in [-0.05, 0) is 42.7 Å². The van der Waals surface area contributed by atoms with Crippen LogP contribution in [0.25, 0.3) is 17.1 Å². The normalized spacial score (nSPS) is 15.9. The van der Waals surface area contributed by atoms with Crippen LogP contribution in [0.2, 0.25) is 0 Å². The zero-order valence-electron chi connectivity index (χ0n) is 15.0. The molecule has 1 saturated heterocycles. The average Bonchev–Trinajstić information content (AvgIpc) is 3.14. The number of hydrogen-bond acceptors (Lipinski definition) is 5. The highest BCUT2D eigenvalue weighted by molar-refractivity contribution is 5.67. The molecule has 3 N–H and O–H groups in total. The number of aromatic hydroxyl groups is 2.